The maximum absolute atomic E-state index is 12.2. The van der Waals surface area contributed by atoms with Crippen molar-refractivity contribution in [3.05, 3.63) is 89.7 Å². The largest absolute Gasteiger partial charge is 0.383 e. The fourth-order valence-electron chi connectivity index (χ4n) is 2.46. The second-order valence-corrected chi connectivity index (χ2v) is 5.91. The molecule has 126 valence electrons. The summed E-state index contributed by atoms with van der Waals surface area (Å²) in [4.78, 5) is 16.5. The molecule has 0 unspecified atom stereocenters. The zero-order valence-corrected chi connectivity index (χ0v) is 14.2. The Labute approximate surface area is 147 Å². The second-order valence-electron chi connectivity index (χ2n) is 5.91. The highest BCUT2D eigenvalue weighted by Gasteiger charge is 2.07. The minimum Gasteiger partial charge on any atom is -0.383 e. The summed E-state index contributed by atoms with van der Waals surface area (Å²) < 4.78 is 0. The Morgan fingerprint density at radius 1 is 0.920 bits per heavy atom. The fourth-order valence-corrected chi connectivity index (χ4v) is 2.46. The van der Waals surface area contributed by atoms with Crippen molar-refractivity contribution in [3.8, 4) is 0 Å². The summed E-state index contributed by atoms with van der Waals surface area (Å²) in [6, 6.07) is 21.6. The van der Waals surface area contributed by atoms with Crippen molar-refractivity contribution in [2.75, 3.05) is 17.2 Å². The highest BCUT2D eigenvalue weighted by Crippen LogP contribution is 2.12. The van der Waals surface area contributed by atoms with E-state index in [9.17, 15) is 4.79 Å². The molecular weight excluding hydrogens is 310 g/mol. The first-order valence-corrected chi connectivity index (χ1v) is 8.32. The first-order chi connectivity index (χ1) is 12.2. The molecule has 2 N–H and O–H groups in total. The summed E-state index contributed by atoms with van der Waals surface area (Å²) in [5.41, 5.74) is 4.51. The Morgan fingerprint density at radius 2 is 1.64 bits per heavy atom. The van der Waals surface area contributed by atoms with Crippen molar-refractivity contribution in [2.24, 2.45) is 0 Å². The highest BCUT2D eigenvalue weighted by molar-refractivity contribution is 6.02. The molecule has 0 saturated carbocycles. The van der Waals surface area contributed by atoms with Crippen molar-refractivity contribution < 1.29 is 4.79 Å². The van der Waals surface area contributed by atoms with Gasteiger partial charge in [-0.3, -0.25) is 4.79 Å². The van der Waals surface area contributed by atoms with Gasteiger partial charge in [-0.25, -0.2) is 4.98 Å². The fraction of sp³-hybridized carbons (Fsp3) is 0.143. The van der Waals surface area contributed by atoms with Crippen molar-refractivity contribution in [1.82, 2.24) is 4.98 Å². The van der Waals surface area contributed by atoms with Crippen molar-refractivity contribution >= 4 is 17.3 Å². The number of benzene rings is 2. The third kappa shape index (κ3) is 4.91. The van der Waals surface area contributed by atoms with E-state index in [-0.39, 0.29) is 5.91 Å². The lowest BCUT2D eigenvalue weighted by atomic mass is 10.1. The summed E-state index contributed by atoms with van der Waals surface area (Å²) >= 11 is 0. The molecule has 0 bridgehead atoms. The van der Waals surface area contributed by atoms with Crippen LogP contribution < -0.4 is 10.6 Å². The number of hydrogen-bond acceptors (Lipinski definition) is 3. The molecule has 0 saturated heterocycles. The molecule has 0 aliphatic carbocycles. The van der Waals surface area contributed by atoms with Gasteiger partial charge in [-0.15, -0.1) is 0 Å². The van der Waals surface area contributed by atoms with E-state index in [1.54, 1.807) is 12.3 Å². The highest BCUT2D eigenvalue weighted by atomic mass is 16.1. The number of hydrogen-bond donors (Lipinski definition) is 2. The number of rotatable bonds is 6. The van der Waals surface area contributed by atoms with E-state index in [0.29, 0.717) is 5.69 Å². The summed E-state index contributed by atoms with van der Waals surface area (Å²) in [6.07, 6.45) is 2.63. The van der Waals surface area contributed by atoms with Crippen LogP contribution in [-0.2, 0) is 6.42 Å². The lowest BCUT2D eigenvalue weighted by Crippen LogP contribution is -2.14. The van der Waals surface area contributed by atoms with Crippen LogP contribution in [0.3, 0.4) is 0 Å². The molecule has 1 amide bonds. The topological polar surface area (TPSA) is 54.0 Å². The van der Waals surface area contributed by atoms with Gasteiger partial charge in [-0.05, 0) is 43.2 Å². The molecule has 25 heavy (non-hydrogen) atoms. The van der Waals surface area contributed by atoms with Crippen LogP contribution in [0.5, 0.6) is 0 Å². The molecule has 0 aliphatic heterocycles. The molecule has 0 spiro atoms. The van der Waals surface area contributed by atoms with Crippen LogP contribution in [0.15, 0.2) is 72.9 Å². The van der Waals surface area contributed by atoms with E-state index in [2.05, 4.69) is 27.8 Å². The summed E-state index contributed by atoms with van der Waals surface area (Å²) in [5, 5.41) is 6.17. The Hall–Kier alpha value is -3.14. The molecule has 3 aromatic rings. The molecule has 0 atom stereocenters. The molecule has 0 fully saturated rings. The Kier molecular flexibility index (Phi) is 5.42. The predicted molar refractivity (Wildman–Crippen MR) is 102 cm³/mol. The van der Waals surface area contributed by atoms with Gasteiger partial charge in [-0.1, -0.05) is 48.0 Å². The van der Waals surface area contributed by atoms with Crippen LogP contribution in [0.1, 0.15) is 21.6 Å². The van der Waals surface area contributed by atoms with Gasteiger partial charge in [0.25, 0.3) is 5.91 Å². The van der Waals surface area contributed by atoms with Gasteiger partial charge >= 0.3 is 0 Å². The maximum atomic E-state index is 12.2. The van der Waals surface area contributed by atoms with Gasteiger partial charge < -0.3 is 10.6 Å². The van der Waals surface area contributed by atoms with Gasteiger partial charge in [0.05, 0.1) is 11.9 Å². The van der Waals surface area contributed by atoms with Gasteiger partial charge in [0.2, 0.25) is 0 Å². The third-order valence-corrected chi connectivity index (χ3v) is 3.89. The Morgan fingerprint density at radius 3 is 2.32 bits per heavy atom. The normalized spacial score (nSPS) is 10.3. The van der Waals surface area contributed by atoms with Crippen molar-refractivity contribution in [3.63, 3.8) is 0 Å². The average Bonchev–Trinajstić information content (AvgIpc) is 2.65. The molecule has 4 heteroatoms. The number of aromatic nitrogens is 1. The smallest absolute Gasteiger partial charge is 0.274 e. The summed E-state index contributed by atoms with van der Waals surface area (Å²) in [7, 11) is 0. The first-order valence-electron chi connectivity index (χ1n) is 8.32. The van der Waals surface area contributed by atoms with Crippen LogP contribution in [0.25, 0.3) is 0 Å². The third-order valence-electron chi connectivity index (χ3n) is 3.89. The number of pyridine rings is 1. The molecule has 0 aliphatic rings. The minimum atomic E-state index is -0.209. The molecule has 3 rings (SSSR count). The standard InChI is InChI=1S/C21H21N3O/c1-16-7-9-18(10-8-16)24-21(25)20-12-11-19(15-23-20)22-14-13-17-5-3-2-4-6-17/h2-12,15,22H,13-14H2,1H3,(H,24,25). The number of aryl methyl sites for hydroxylation is 1. The summed E-state index contributed by atoms with van der Waals surface area (Å²) in [6.45, 7) is 2.83. The van der Waals surface area contributed by atoms with Gasteiger partial charge in [0.15, 0.2) is 0 Å². The number of nitrogens with one attached hydrogen (secondary N) is 2. The number of carbonyl (C=O) groups is 1. The quantitative estimate of drug-likeness (QED) is 0.708. The van der Waals surface area contributed by atoms with Gasteiger partial charge in [0.1, 0.15) is 5.69 Å². The van der Waals surface area contributed by atoms with E-state index in [0.717, 1.165) is 29.9 Å². The Balaban J connectivity index is 1.52. The molecule has 2 aromatic carbocycles. The van der Waals surface area contributed by atoms with Crippen LogP contribution in [0.2, 0.25) is 0 Å². The lowest BCUT2D eigenvalue weighted by molar-refractivity contribution is 0.102. The van der Waals surface area contributed by atoms with E-state index in [1.807, 2.05) is 55.5 Å². The first kappa shape index (κ1) is 16.7. The van der Waals surface area contributed by atoms with Crippen molar-refractivity contribution in [2.45, 2.75) is 13.3 Å². The number of amides is 1. The van der Waals surface area contributed by atoms with Crippen LogP contribution in [-0.4, -0.2) is 17.4 Å². The molecule has 0 radical (unpaired) electrons. The minimum absolute atomic E-state index is 0.209. The second kappa shape index (κ2) is 8.11. The van der Waals surface area contributed by atoms with Crippen LogP contribution >= 0.6 is 0 Å². The molecular formula is C21H21N3O. The van der Waals surface area contributed by atoms with E-state index in [1.165, 1.54) is 5.56 Å². The maximum Gasteiger partial charge on any atom is 0.274 e. The molecule has 1 aromatic heterocycles. The average molecular weight is 331 g/mol. The Bertz CT molecular complexity index is 812. The number of anilines is 2. The zero-order chi connectivity index (χ0) is 17.5. The summed E-state index contributed by atoms with van der Waals surface area (Å²) in [5.74, 6) is -0.209. The zero-order valence-electron chi connectivity index (χ0n) is 14.2. The molecule has 4 nitrogen and oxygen atoms in total. The van der Waals surface area contributed by atoms with Gasteiger partial charge in [0, 0.05) is 12.2 Å². The van der Waals surface area contributed by atoms with Crippen LogP contribution in [0.4, 0.5) is 11.4 Å². The van der Waals surface area contributed by atoms with E-state index < -0.39 is 0 Å². The SMILES string of the molecule is Cc1ccc(NC(=O)c2ccc(NCCc3ccccc3)cn2)cc1. The monoisotopic (exact) mass is 331 g/mol. The predicted octanol–water partition coefficient (Wildman–Crippen LogP) is 4.30. The lowest BCUT2D eigenvalue weighted by Gasteiger charge is -2.08. The molecule has 1 heterocycles. The number of carbonyl (C=O) groups excluding carboxylic acids is 1. The van der Waals surface area contributed by atoms with Gasteiger partial charge in [-0.2, -0.15) is 0 Å². The van der Waals surface area contributed by atoms with E-state index >= 15 is 0 Å². The van der Waals surface area contributed by atoms with Crippen LogP contribution in [0, 0.1) is 6.92 Å². The van der Waals surface area contributed by atoms with E-state index in [4.69, 9.17) is 0 Å². The number of nitrogens with zero attached hydrogens (tertiary/aromatic N) is 1. The van der Waals surface area contributed by atoms with Crippen molar-refractivity contribution in [1.29, 1.82) is 0 Å².